The summed E-state index contributed by atoms with van der Waals surface area (Å²) in [5, 5.41) is 4.24. The summed E-state index contributed by atoms with van der Waals surface area (Å²) in [6, 6.07) is 8.11. The maximum Gasteiger partial charge on any atom is 0.224 e. The number of aromatic amines is 1. The van der Waals surface area contributed by atoms with Gasteiger partial charge < -0.3 is 15.2 Å². The summed E-state index contributed by atoms with van der Waals surface area (Å²) in [6.45, 7) is 3.10. The number of para-hydroxylation sites is 1. The number of H-pyrrole nitrogens is 1. The molecule has 1 saturated heterocycles. The fourth-order valence-electron chi connectivity index (χ4n) is 3.04. The minimum Gasteiger partial charge on any atom is -0.361 e. The lowest BCUT2D eigenvalue weighted by molar-refractivity contribution is -0.120. The van der Waals surface area contributed by atoms with Crippen LogP contribution in [0.5, 0.6) is 0 Å². The van der Waals surface area contributed by atoms with Gasteiger partial charge in [-0.15, -0.1) is 0 Å². The Morgan fingerprint density at radius 3 is 2.90 bits per heavy atom. The van der Waals surface area contributed by atoms with E-state index in [9.17, 15) is 4.79 Å². The number of likely N-dealkylation sites (tertiary alicyclic amines) is 1. The van der Waals surface area contributed by atoms with E-state index in [4.69, 9.17) is 0 Å². The first-order valence-corrected chi connectivity index (χ1v) is 7.72. The number of piperidine rings is 1. The molecule has 1 aromatic carbocycles. The van der Waals surface area contributed by atoms with Crippen LogP contribution >= 0.6 is 0 Å². The van der Waals surface area contributed by atoms with Crippen molar-refractivity contribution in [1.29, 1.82) is 0 Å². The Balaban J connectivity index is 1.52. The van der Waals surface area contributed by atoms with Crippen molar-refractivity contribution in [2.24, 2.45) is 5.92 Å². The number of aromatic nitrogens is 1. The Kier molecular flexibility index (Phi) is 4.25. The van der Waals surface area contributed by atoms with Gasteiger partial charge in [0.2, 0.25) is 5.91 Å². The number of hydrogen-bond donors (Lipinski definition) is 2. The maximum absolute atomic E-state index is 12.1. The van der Waals surface area contributed by atoms with E-state index in [0.717, 1.165) is 36.1 Å². The molecule has 1 fully saturated rings. The minimum absolute atomic E-state index is 0.124. The van der Waals surface area contributed by atoms with Gasteiger partial charge in [0.25, 0.3) is 0 Å². The van der Waals surface area contributed by atoms with Crippen LogP contribution in [0.25, 0.3) is 10.9 Å². The lowest BCUT2D eigenvalue weighted by Crippen LogP contribution is -2.37. The van der Waals surface area contributed by atoms with E-state index in [1.807, 2.05) is 24.4 Å². The molecular weight excluding hydrogens is 262 g/mol. The minimum atomic E-state index is 0.124. The number of rotatable bonds is 4. The molecule has 0 bridgehead atoms. The molecule has 2 aromatic rings. The van der Waals surface area contributed by atoms with Gasteiger partial charge in [-0.05, 0) is 50.5 Å². The van der Waals surface area contributed by atoms with Crippen molar-refractivity contribution < 1.29 is 4.79 Å². The molecule has 1 aromatic heterocycles. The predicted octanol–water partition coefficient (Wildman–Crippen LogP) is 2.17. The molecule has 3 rings (SSSR count). The largest absolute Gasteiger partial charge is 0.361 e. The average molecular weight is 285 g/mol. The van der Waals surface area contributed by atoms with Crippen molar-refractivity contribution >= 4 is 16.8 Å². The van der Waals surface area contributed by atoms with Crippen LogP contribution in [0.15, 0.2) is 30.5 Å². The molecule has 21 heavy (non-hydrogen) atoms. The molecule has 1 amide bonds. The van der Waals surface area contributed by atoms with Crippen molar-refractivity contribution in [3.05, 3.63) is 36.0 Å². The quantitative estimate of drug-likeness (QED) is 0.904. The number of nitrogens with one attached hydrogen (secondary N) is 2. The highest BCUT2D eigenvalue weighted by Gasteiger charge is 2.17. The van der Waals surface area contributed by atoms with Crippen molar-refractivity contribution in [3.8, 4) is 0 Å². The van der Waals surface area contributed by atoms with Crippen LogP contribution in [0.2, 0.25) is 0 Å². The highest BCUT2D eigenvalue weighted by Crippen LogP contribution is 2.18. The summed E-state index contributed by atoms with van der Waals surface area (Å²) in [6.07, 6.45) is 4.77. The summed E-state index contributed by atoms with van der Waals surface area (Å²) in [7, 11) is 2.16. The molecule has 0 atom stereocenters. The van der Waals surface area contributed by atoms with E-state index < -0.39 is 0 Å². The summed E-state index contributed by atoms with van der Waals surface area (Å²) in [5.41, 5.74) is 2.17. The van der Waals surface area contributed by atoms with Crippen LogP contribution in [0.4, 0.5) is 0 Å². The Bertz CT molecular complexity index is 611. The first-order chi connectivity index (χ1) is 10.2. The Morgan fingerprint density at radius 1 is 1.33 bits per heavy atom. The van der Waals surface area contributed by atoms with E-state index in [-0.39, 0.29) is 5.91 Å². The second kappa shape index (κ2) is 6.31. The standard InChI is InChI=1S/C17H23N3O/c1-20-8-6-13(7-9-20)11-19-17(21)10-14-12-18-16-5-3-2-4-15(14)16/h2-5,12-13,18H,6-11H2,1H3,(H,19,21). The second-order valence-electron chi connectivity index (χ2n) is 6.09. The average Bonchev–Trinajstić information content (AvgIpc) is 2.90. The van der Waals surface area contributed by atoms with Crippen molar-refractivity contribution in [1.82, 2.24) is 15.2 Å². The third kappa shape index (κ3) is 3.45. The molecule has 4 heteroatoms. The normalized spacial score (nSPS) is 17.2. The Morgan fingerprint density at radius 2 is 2.10 bits per heavy atom. The Hall–Kier alpha value is -1.81. The van der Waals surface area contributed by atoms with E-state index >= 15 is 0 Å². The van der Waals surface area contributed by atoms with E-state index in [1.54, 1.807) is 0 Å². The third-order valence-corrected chi connectivity index (χ3v) is 4.45. The van der Waals surface area contributed by atoms with Gasteiger partial charge in [-0.3, -0.25) is 4.79 Å². The second-order valence-corrected chi connectivity index (χ2v) is 6.09. The number of benzene rings is 1. The zero-order valence-corrected chi connectivity index (χ0v) is 12.6. The first kappa shape index (κ1) is 14.1. The van der Waals surface area contributed by atoms with Crippen molar-refractivity contribution in [3.63, 3.8) is 0 Å². The molecule has 0 aliphatic carbocycles. The SMILES string of the molecule is CN1CCC(CNC(=O)Cc2c[nH]c3ccccc23)CC1. The molecule has 0 radical (unpaired) electrons. The molecule has 2 heterocycles. The van der Waals surface area contributed by atoms with Crippen molar-refractivity contribution in [2.45, 2.75) is 19.3 Å². The van der Waals surface area contributed by atoms with Crippen LogP contribution in [0.1, 0.15) is 18.4 Å². The molecule has 1 aliphatic heterocycles. The molecule has 0 saturated carbocycles. The zero-order valence-electron chi connectivity index (χ0n) is 12.6. The monoisotopic (exact) mass is 285 g/mol. The maximum atomic E-state index is 12.1. The molecule has 0 unspecified atom stereocenters. The number of carbonyl (C=O) groups excluding carboxylic acids is 1. The van der Waals surface area contributed by atoms with E-state index in [0.29, 0.717) is 12.3 Å². The zero-order chi connectivity index (χ0) is 14.7. The number of amides is 1. The molecular formula is C17H23N3O. The topological polar surface area (TPSA) is 48.1 Å². The van der Waals surface area contributed by atoms with Crippen LogP contribution in [-0.4, -0.2) is 42.5 Å². The number of nitrogens with zero attached hydrogens (tertiary/aromatic N) is 1. The van der Waals surface area contributed by atoms with Crippen LogP contribution < -0.4 is 5.32 Å². The Labute approximate surface area is 125 Å². The summed E-state index contributed by atoms with van der Waals surface area (Å²) in [4.78, 5) is 17.7. The molecule has 4 nitrogen and oxygen atoms in total. The van der Waals surface area contributed by atoms with Gasteiger partial charge in [0.05, 0.1) is 6.42 Å². The lowest BCUT2D eigenvalue weighted by Gasteiger charge is -2.28. The smallest absolute Gasteiger partial charge is 0.224 e. The fraction of sp³-hybridized carbons (Fsp3) is 0.471. The number of hydrogen-bond acceptors (Lipinski definition) is 2. The van der Waals surface area contributed by atoms with Gasteiger partial charge in [-0.25, -0.2) is 0 Å². The van der Waals surface area contributed by atoms with Crippen LogP contribution in [0.3, 0.4) is 0 Å². The van der Waals surface area contributed by atoms with E-state index in [1.165, 1.54) is 12.8 Å². The van der Waals surface area contributed by atoms with Crippen LogP contribution in [0, 0.1) is 5.92 Å². The molecule has 1 aliphatic rings. The fourth-order valence-corrected chi connectivity index (χ4v) is 3.04. The van der Waals surface area contributed by atoms with Gasteiger partial charge in [-0.1, -0.05) is 18.2 Å². The van der Waals surface area contributed by atoms with Gasteiger partial charge >= 0.3 is 0 Å². The summed E-state index contributed by atoms with van der Waals surface area (Å²) < 4.78 is 0. The number of carbonyl (C=O) groups is 1. The third-order valence-electron chi connectivity index (χ3n) is 4.45. The van der Waals surface area contributed by atoms with Gasteiger partial charge in [0, 0.05) is 23.6 Å². The lowest BCUT2D eigenvalue weighted by atomic mass is 9.97. The summed E-state index contributed by atoms with van der Waals surface area (Å²) in [5.74, 6) is 0.756. The summed E-state index contributed by atoms with van der Waals surface area (Å²) >= 11 is 0. The highest BCUT2D eigenvalue weighted by molar-refractivity contribution is 5.88. The van der Waals surface area contributed by atoms with Crippen LogP contribution in [-0.2, 0) is 11.2 Å². The van der Waals surface area contributed by atoms with E-state index in [2.05, 4.69) is 28.3 Å². The molecule has 0 spiro atoms. The van der Waals surface area contributed by atoms with Gasteiger partial charge in [0.1, 0.15) is 0 Å². The highest BCUT2D eigenvalue weighted by atomic mass is 16.1. The first-order valence-electron chi connectivity index (χ1n) is 7.72. The van der Waals surface area contributed by atoms with Gasteiger partial charge in [0.15, 0.2) is 0 Å². The van der Waals surface area contributed by atoms with Gasteiger partial charge in [-0.2, -0.15) is 0 Å². The van der Waals surface area contributed by atoms with Crippen molar-refractivity contribution in [2.75, 3.05) is 26.7 Å². The molecule has 2 N–H and O–H groups in total. The molecule has 112 valence electrons. The number of fused-ring (bicyclic) bond motifs is 1. The predicted molar refractivity (Wildman–Crippen MR) is 85.2 cm³/mol.